The van der Waals surface area contributed by atoms with Gasteiger partial charge < -0.3 is 11.2 Å². The van der Waals surface area contributed by atoms with Crippen LogP contribution < -0.4 is 22.1 Å². The van der Waals surface area contributed by atoms with E-state index in [2.05, 4.69) is 16.4 Å². The first kappa shape index (κ1) is 4.26. The van der Waals surface area contributed by atoms with E-state index in [0.717, 1.165) is 5.70 Å². The molecule has 40 valence electrons. The Bertz CT molecular complexity index is 93.5. The van der Waals surface area contributed by atoms with Crippen molar-refractivity contribution >= 4 is 0 Å². The molecule has 0 radical (unpaired) electrons. The number of hydrogen-bond acceptors (Lipinski definition) is 4. The topological polar surface area (TPSA) is 62.1 Å². The molecule has 1 rings (SSSR count). The first-order chi connectivity index (χ1) is 3.30. The lowest BCUT2D eigenvalue weighted by atomic mass is 10.5. The Balaban J connectivity index is 2.64. The van der Waals surface area contributed by atoms with Crippen molar-refractivity contribution in [2.24, 2.45) is 5.73 Å². The second kappa shape index (κ2) is 1.31. The van der Waals surface area contributed by atoms with Crippen LogP contribution in [0.4, 0.5) is 0 Å². The summed E-state index contributed by atoms with van der Waals surface area (Å²) in [7, 11) is 0. The largest absolute Gasteiger partial charge is 0.383 e. The van der Waals surface area contributed by atoms with E-state index in [-0.39, 0.29) is 0 Å². The minimum atomic E-state index is 0.653. The van der Waals surface area contributed by atoms with Gasteiger partial charge in [0.15, 0.2) is 0 Å². The van der Waals surface area contributed by atoms with Gasteiger partial charge in [-0.15, -0.1) is 5.53 Å². The van der Waals surface area contributed by atoms with Crippen LogP contribution in [0.15, 0.2) is 11.5 Å². The normalized spacial score (nSPS) is 19.0. The van der Waals surface area contributed by atoms with Gasteiger partial charge in [0.25, 0.3) is 0 Å². The van der Waals surface area contributed by atoms with Gasteiger partial charge in [-0.1, -0.05) is 0 Å². The Morgan fingerprint density at radius 3 is 2.29 bits per heavy atom. The molecule has 0 atom stereocenters. The summed E-state index contributed by atoms with van der Waals surface area (Å²) in [5.41, 5.74) is 14.3. The number of hydrazine groups is 2. The van der Waals surface area contributed by atoms with Crippen molar-refractivity contribution in [1.82, 2.24) is 16.4 Å². The van der Waals surface area contributed by atoms with Gasteiger partial charge in [0.2, 0.25) is 0 Å². The van der Waals surface area contributed by atoms with Gasteiger partial charge in [-0.3, -0.25) is 5.43 Å². The summed E-state index contributed by atoms with van der Waals surface area (Å²) in [4.78, 5) is 0. The first-order valence-corrected chi connectivity index (χ1v) is 2.04. The molecule has 0 unspecified atom stereocenters. The molecule has 1 heterocycles. The fourth-order valence-electron chi connectivity index (χ4n) is 0.353. The zero-order chi connectivity index (χ0) is 5.28. The van der Waals surface area contributed by atoms with Crippen LogP contribution in [0.1, 0.15) is 6.92 Å². The average Bonchev–Trinajstić information content (AvgIpc) is 1.91. The SMILES string of the molecule is CC1=C(N)NNN1. The quantitative estimate of drug-likeness (QED) is 0.307. The van der Waals surface area contributed by atoms with Crippen LogP contribution in [0.3, 0.4) is 0 Å². The van der Waals surface area contributed by atoms with Gasteiger partial charge in [-0.25, -0.2) is 0 Å². The van der Waals surface area contributed by atoms with E-state index in [1.54, 1.807) is 0 Å². The van der Waals surface area contributed by atoms with Crippen molar-refractivity contribution in [3.8, 4) is 0 Å². The second-order valence-electron chi connectivity index (χ2n) is 1.41. The van der Waals surface area contributed by atoms with E-state index >= 15 is 0 Å². The molecule has 1 aliphatic rings. The molecule has 4 heteroatoms. The maximum atomic E-state index is 5.32. The minimum Gasteiger partial charge on any atom is -0.383 e. The zero-order valence-electron chi connectivity index (χ0n) is 4.08. The van der Waals surface area contributed by atoms with Gasteiger partial charge in [0, 0.05) is 0 Å². The highest BCUT2D eigenvalue weighted by atomic mass is 15.6. The number of nitrogens with one attached hydrogen (secondary N) is 3. The first-order valence-electron chi connectivity index (χ1n) is 2.04. The molecule has 0 spiro atoms. The van der Waals surface area contributed by atoms with Crippen LogP contribution in [0.25, 0.3) is 0 Å². The molecule has 0 aromatic rings. The van der Waals surface area contributed by atoms with Crippen LogP contribution in [0.5, 0.6) is 0 Å². The lowest BCUT2D eigenvalue weighted by Crippen LogP contribution is -2.33. The Morgan fingerprint density at radius 1 is 1.43 bits per heavy atom. The monoisotopic (exact) mass is 100 g/mol. The predicted molar refractivity (Wildman–Crippen MR) is 26.3 cm³/mol. The van der Waals surface area contributed by atoms with E-state index in [1.807, 2.05) is 6.92 Å². The molecule has 0 fully saturated rings. The van der Waals surface area contributed by atoms with Crippen LogP contribution in [0, 0.1) is 0 Å². The summed E-state index contributed by atoms with van der Waals surface area (Å²) in [6.45, 7) is 1.88. The molecule has 1 aliphatic heterocycles. The Morgan fingerprint density at radius 2 is 2.14 bits per heavy atom. The maximum Gasteiger partial charge on any atom is 0.133 e. The van der Waals surface area contributed by atoms with Crippen molar-refractivity contribution in [3.05, 3.63) is 11.5 Å². The van der Waals surface area contributed by atoms with Crippen LogP contribution >= 0.6 is 0 Å². The standard InChI is InChI=1S/C3H8N4/c1-2-3(4)6-7-5-2/h5-7H,4H2,1H3. The van der Waals surface area contributed by atoms with Crippen LogP contribution in [0.2, 0.25) is 0 Å². The third-order valence-electron chi connectivity index (χ3n) is 0.851. The van der Waals surface area contributed by atoms with E-state index in [0.29, 0.717) is 5.82 Å². The summed E-state index contributed by atoms with van der Waals surface area (Å²) in [5, 5.41) is 0. The maximum absolute atomic E-state index is 5.32. The van der Waals surface area contributed by atoms with Crippen LogP contribution in [-0.2, 0) is 0 Å². The van der Waals surface area contributed by atoms with Gasteiger partial charge in [0.05, 0.1) is 5.70 Å². The molecule has 0 aromatic carbocycles. The highest BCUT2D eigenvalue weighted by Crippen LogP contribution is 1.88. The fraction of sp³-hybridized carbons (Fsp3) is 0.333. The van der Waals surface area contributed by atoms with Gasteiger partial charge in [-0.05, 0) is 6.92 Å². The highest BCUT2D eigenvalue weighted by molar-refractivity contribution is 5.06. The van der Waals surface area contributed by atoms with Gasteiger partial charge >= 0.3 is 0 Å². The molecular formula is C3H8N4. The number of allylic oxidation sites excluding steroid dienone is 1. The molecule has 0 aromatic heterocycles. The van der Waals surface area contributed by atoms with E-state index in [9.17, 15) is 0 Å². The fourth-order valence-corrected chi connectivity index (χ4v) is 0.353. The summed E-state index contributed by atoms with van der Waals surface area (Å²) in [6.07, 6.45) is 0. The lowest BCUT2D eigenvalue weighted by Gasteiger charge is -1.91. The molecule has 0 saturated carbocycles. The van der Waals surface area contributed by atoms with Crippen molar-refractivity contribution in [2.45, 2.75) is 6.92 Å². The minimum absolute atomic E-state index is 0.653. The van der Waals surface area contributed by atoms with Crippen molar-refractivity contribution in [3.63, 3.8) is 0 Å². The van der Waals surface area contributed by atoms with Crippen molar-refractivity contribution in [2.75, 3.05) is 0 Å². The smallest absolute Gasteiger partial charge is 0.133 e. The highest BCUT2D eigenvalue weighted by Gasteiger charge is 2.00. The molecule has 0 saturated heterocycles. The average molecular weight is 100 g/mol. The summed E-state index contributed by atoms with van der Waals surface area (Å²) >= 11 is 0. The lowest BCUT2D eigenvalue weighted by molar-refractivity contribution is 0.587. The molecule has 0 amide bonds. The van der Waals surface area contributed by atoms with Gasteiger partial charge in [0.1, 0.15) is 5.82 Å². The van der Waals surface area contributed by atoms with Crippen molar-refractivity contribution < 1.29 is 0 Å². The third-order valence-corrected chi connectivity index (χ3v) is 0.851. The third kappa shape index (κ3) is 0.592. The Kier molecular flexibility index (Phi) is 0.796. The summed E-state index contributed by atoms with van der Waals surface area (Å²) < 4.78 is 0. The molecule has 4 nitrogen and oxygen atoms in total. The van der Waals surface area contributed by atoms with Crippen molar-refractivity contribution in [1.29, 1.82) is 0 Å². The second-order valence-corrected chi connectivity index (χ2v) is 1.41. The number of hydrogen-bond donors (Lipinski definition) is 4. The number of rotatable bonds is 0. The van der Waals surface area contributed by atoms with E-state index in [4.69, 9.17) is 5.73 Å². The Hall–Kier alpha value is -0.900. The number of nitrogens with two attached hydrogens (primary N) is 1. The predicted octanol–water partition coefficient (Wildman–Crippen LogP) is -1.25. The summed E-state index contributed by atoms with van der Waals surface area (Å²) in [6, 6.07) is 0. The van der Waals surface area contributed by atoms with Gasteiger partial charge in [-0.2, -0.15) is 0 Å². The molecule has 0 bridgehead atoms. The van der Waals surface area contributed by atoms with Crippen LogP contribution in [-0.4, -0.2) is 0 Å². The molecule has 5 N–H and O–H groups in total. The molecule has 7 heavy (non-hydrogen) atoms. The Labute approximate surface area is 41.7 Å². The van der Waals surface area contributed by atoms with E-state index < -0.39 is 0 Å². The molecule has 0 aliphatic carbocycles. The molecular weight excluding hydrogens is 92.1 g/mol. The zero-order valence-corrected chi connectivity index (χ0v) is 4.08. The van der Waals surface area contributed by atoms with E-state index in [1.165, 1.54) is 0 Å². The summed E-state index contributed by atoms with van der Waals surface area (Å²) in [5.74, 6) is 0.653.